The van der Waals surface area contributed by atoms with E-state index in [1.165, 1.54) is 5.56 Å². The van der Waals surface area contributed by atoms with Crippen LogP contribution in [0.1, 0.15) is 36.9 Å². The normalized spacial score (nSPS) is 24.8. The zero-order valence-corrected chi connectivity index (χ0v) is 10.2. The van der Waals surface area contributed by atoms with E-state index in [4.69, 9.17) is 5.73 Å². The number of hydrogen-bond acceptors (Lipinski definition) is 3. The van der Waals surface area contributed by atoms with Crippen LogP contribution < -0.4 is 11.1 Å². The van der Waals surface area contributed by atoms with Gasteiger partial charge in [0.2, 0.25) is 5.91 Å². The molecule has 1 saturated carbocycles. The van der Waals surface area contributed by atoms with Gasteiger partial charge in [-0.2, -0.15) is 5.10 Å². The summed E-state index contributed by atoms with van der Waals surface area (Å²) in [5.74, 6) is -0.0576. The summed E-state index contributed by atoms with van der Waals surface area (Å²) >= 11 is 0. The van der Waals surface area contributed by atoms with Crippen LogP contribution in [0.25, 0.3) is 0 Å². The van der Waals surface area contributed by atoms with Gasteiger partial charge in [-0.25, -0.2) is 0 Å². The van der Waals surface area contributed by atoms with Gasteiger partial charge in [-0.05, 0) is 32.6 Å². The van der Waals surface area contributed by atoms with Crippen LogP contribution in [0.5, 0.6) is 0 Å². The fourth-order valence-electron chi connectivity index (χ4n) is 2.39. The zero-order chi connectivity index (χ0) is 12.3. The fraction of sp³-hybridized carbons (Fsp3) is 0.667. The number of aromatic amines is 1. The molecule has 1 aliphatic rings. The molecule has 2 rings (SSSR count). The molecule has 0 aromatic carbocycles. The molecule has 1 aromatic heterocycles. The number of carbonyl (C=O) groups is 1. The first-order valence-electron chi connectivity index (χ1n) is 6.18. The number of rotatable bonds is 4. The van der Waals surface area contributed by atoms with E-state index in [-0.39, 0.29) is 11.8 Å². The predicted molar refractivity (Wildman–Crippen MR) is 65.1 cm³/mol. The van der Waals surface area contributed by atoms with Crippen molar-refractivity contribution in [3.8, 4) is 0 Å². The average Bonchev–Trinajstić information content (AvgIpc) is 2.73. The van der Waals surface area contributed by atoms with Crippen molar-refractivity contribution < 1.29 is 4.79 Å². The van der Waals surface area contributed by atoms with Gasteiger partial charge in [0.1, 0.15) is 0 Å². The van der Waals surface area contributed by atoms with E-state index < -0.39 is 0 Å². The molecule has 0 aliphatic heterocycles. The van der Waals surface area contributed by atoms with E-state index in [9.17, 15) is 4.79 Å². The van der Waals surface area contributed by atoms with Gasteiger partial charge in [-0.1, -0.05) is 0 Å². The zero-order valence-electron chi connectivity index (χ0n) is 10.2. The Morgan fingerprint density at radius 1 is 1.53 bits per heavy atom. The Morgan fingerprint density at radius 2 is 2.24 bits per heavy atom. The monoisotopic (exact) mass is 236 g/mol. The largest absolute Gasteiger partial charge is 0.369 e. The number of carbonyl (C=O) groups excluding carboxylic acids is 1. The maximum Gasteiger partial charge on any atom is 0.220 e. The minimum absolute atomic E-state index is 0.0868. The van der Waals surface area contributed by atoms with Crippen molar-refractivity contribution in [2.24, 2.45) is 11.7 Å². The van der Waals surface area contributed by atoms with Crippen LogP contribution in [-0.2, 0) is 11.3 Å². The highest BCUT2D eigenvalue weighted by Gasteiger charge is 2.24. The molecule has 1 amide bonds. The molecule has 94 valence electrons. The van der Waals surface area contributed by atoms with Crippen molar-refractivity contribution >= 4 is 5.91 Å². The first-order chi connectivity index (χ1) is 8.16. The molecular weight excluding hydrogens is 216 g/mol. The molecular formula is C12H20N4O. The molecule has 4 N–H and O–H groups in total. The highest BCUT2D eigenvalue weighted by molar-refractivity contribution is 5.76. The Labute approximate surface area is 101 Å². The number of nitrogens with one attached hydrogen (secondary N) is 2. The molecule has 1 fully saturated rings. The van der Waals surface area contributed by atoms with Crippen LogP contribution in [0.4, 0.5) is 0 Å². The molecule has 1 aromatic rings. The third-order valence-corrected chi connectivity index (χ3v) is 3.65. The van der Waals surface area contributed by atoms with Gasteiger partial charge in [0, 0.05) is 29.8 Å². The molecule has 0 radical (unpaired) electrons. The third kappa shape index (κ3) is 3.06. The van der Waals surface area contributed by atoms with E-state index in [0.29, 0.717) is 6.04 Å². The molecule has 1 heterocycles. The van der Waals surface area contributed by atoms with E-state index in [2.05, 4.69) is 15.5 Å². The van der Waals surface area contributed by atoms with Crippen LogP contribution in [0.2, 0.25) is 0 Å². The molecule has 0 unspecified atom stereocenters. The van der Waals surface area contributed by atoms with Crippen molar-refractivity contribution in [3.05, 3.63) is 17.5 Å². The number of amides is 1. The highest BCUT2D eigenvalue weighted by atomic mass is 16.1. The predicted octanol–water partition coefficient (Wildman–Crippen LogP) is 0.852. The van der Waals surface area contributed by atoms with Crippen LogP contribution >= 0.6 is 0 Å². The Hall–Kier alpha value is -1.36. The summed E-state index contributed by atoms with van der Waals surface area (Å²) in [6.07, 6.45) is 5.75. The van der Waals surface area contributed by atoms with Gasteiger partial charge >= 0.3 is 0 Å². The number of aromatic nitrogens is 2. The minimum atomic E-state index is -0.144. The number of hydrogen-bond donors (Lipinski definition) is 3. The van der Waals surface area contributed by atoms with E-state index in [1.807, 2.05) is 13.1 Å². The summed E-state index contributed by atoms with van der Waals surface area (Å²) in [5, 5.41) is 10.4. The van der Waals surface area contributed by atoms with Crippen LogP contribution in [0.15, 0.2) is 6.20 Å². The Bertz CT molecular complexity index is 380. The topological polar surface area (TPSA) is 83.8 Å². The number of nitrogens with zero attached hydrogens (tertiary/aromatic N) is 1. The number of nitrogens with two attached hydrogens (primary N) is 1. The van der Waals surface area contributed by atoms with Crippen molar-refractivity contribution in [1.29, 1.82) is 0 Å². The van der Waals surface area contributed by atoms with Crippen LogP contribution in [-0.4, -0.2) is 22.1 Å². The quantitative estimate of drug-likeness (QED) is 0.724. The standard InChI is InChI=1S/C12H20N4O/c1-8-10(7-15-16-8)6-14-11-4-2-9(3-5-11)12(13)17/h7,9,11,14H,2-6H2,1H3,(H2,13,17)(H,15,16). The Morgan fingerprint density at radius 3 is 2.76 bits per heavy atom. The second-order valence-electron chi connectivity index (χ2n) is 4.85. The van der Waals surface area contributed by atoms with Crippen LogP contribution in [0.3, 0.4) is 0 Å². The summed E-state index contributed by atoms with van der Waals surface area (Å²) < 4.78 is 0. The van der Waals surface area contributed by atoms with Crippen molar-refractivity contribution in [2.45, 2.75) is 45.2 Å². The molecule has 0 spiro atoms. The third-order valence-electron chi connectivity index (χ3n) is 3.65. The van der Waals surface area contributed by atoms with Gasteiger partial charge in [0.05, 0.1) is 6.20 Å². The SMILES string of the molecule is Cc1[nH]ncc1CNC1CCC(C(N)=O)CC1. The van der Waals surface area contributed by atoms with Crippen molar-refractivity contribution in [1.82, 2.24) is 15.5 Å². The molecule has 0 atom stereocenters. The summed E-state index contributed by atoms with van der Waals surface area (Å²) in [4.78, 5) is 11.0. The minimum Gasteiger partial charge on any atom is -0.369 e. The lowest BCUT2D eigenvalue weighted by atomic mass is 9.85. The fourth-order valence-corrected chi connectivity index (χ4v) is 2.39. The molecule has 17 heavy (non-hydrogen) atoms. The number of H-pyrrole nitrogens is 1. The number of aryl methyl sites for hydroxylation is 1. The van der Waals surface area contributed by atoms with Gasteiger partial charge < -0.3 is 11.1 Å². The maximum absolute atomic E-state index is 11.0. The van der Waals surface area contributed by atoms with Gasteiger partial charge in [-0.3, -0.25) is 9.89 Å². The molecule has 5 heteroatoms. The maximum atomic E-state index is 11.0. The number of primary amides is 1. The van der Waals surface area contributed by atoms with E-state index >= 15 is 0 Å². The lowest BCUT2D eigenvalue weighted by molar-refractivity contribution is -0.122. The first-order valence-corrected chi connectivity index (χ1v) is 6.18. The first kappa shape index (κ1) is 12.1. The summed E-state index contributed by atoms with van der Waals surface area (Å²) in [7, 11) is 0. The lowest BCUT2D eigenvalue weighted by Crippen LogP contribution is -2.36. The lowest BCUT2D eigenvalue weighted by Gasteiger charge is -2.27. The second-order valence-corrected chi connectivity index (χ2v) is 4.85. The molecule has 5 nitrogen and oxygen atoms in total. The van der Waals surface area contributed by atoms with Crippen molar-refractivity contribution in [3.63, 3.8) is 0 Å². The molecule has 1 aliphatic carbocycles. The average molecular weight is 236 g/mol. The van der Waals surface area contributed by atoms with Crippen molar-refractivity contribution in [2.75, 3.05) is 0 Å². The van der Waals surface area contributed by atoms with Gasteiger partial charge in [-0.15, -0.1) is 0 Å². The Balaban J connectivity index is 1.75. The van der Waals surface area contributed by atoms with Gasteiger partial charge in [0.15, 0.2) is 0 Å². The highest BCUT2D eigenvalue weighted by Crippen LogP contribution is 2.24. The van der Waals surface area contributed by atoms with Crippen LogP contribution in [0, 0.1) is 12.8 Å². The summed E-state index contributed by atoms with van der Waals surface area (Å²) in [6.45, 7) is 2.86. The van der Waals surface area contributed by atoms with Gasteiger partial charge in [0.25, 0.3) is 0 Å². The molecule has 0 bridgehead atoms. The Kier molecular flexibility index (Phi) is 3.78. The summed E-state index contributed by atoms with van der Waals surface area (Å²) in [5.41, 5.74) is 7.64. The smallest absolute Gasteiger partial charge is 0.220 e. The van der Waals surface area contributed by atoms with E-state index in [1.54, 1.807) is 0 Å². The molecule has 0 saturated heterocycles. The second kappa shape index (κ2) is 5.31. The summed E-state index contributed by atoms with van der Waals surface area (Å²) in [6, 6.07) is 0.500. The van der Waals surface area contributed by atoms with E-state index in [0.717, 1.165) is 37.9 Å².